The molecule has 1 aliphatic carbocycles. The number of rotatable bonds is 5. The van der Waals surface area contributed by atoms with Crippen molar-refractivity contribution in [2.24, 2.45) is 5.92 Å². The molecule has 0 N–H and O–H groups in total. The van der Waals surface area contributed by atoms with E-state index < -0.39 is 0 Å². The quantitative estimate of drug-likeness (QED) is 0.420. The Balaban J connectivity index is 1.21. The van der Waals surface area contributed by atoms with E-state index >= 15 is 0 Å². The topological polar surface area (TPSA) is 49.9 Å². The first-order chi connectivity index (χ1) is 16.7. The van der Waals surface area contributed by atoms with Crippen LogP contribution in [0.1, 0.15) is 47.9 Å². The van der Waals surface area contributed by atoms with Crippen LogP contribution in [0.2, 0.25) is 0 Å². The van der Waals surface area contributed by atoms with Crippen LogP contribution >= 0.6 is 0 Å². The first-order valence-corrected chi connectivity index (χ1v) is 12.4. The highest BCUT2D eigenvalue weighted by molar-refractivity contribution is 5.94. The van der Waals surface area contributed by atoms with Gasteiger partial charge in [0.2, 0.25) is 6.41 Å². The minimum atomic E-state index is -0.107. The normalized spacial score (nSPS) is 18.8. The summed E-state index contributed by atoms with van der Waals surface area (Å²) in [7, 11) is 0. The zero-order valence-corrected chi connectivity index (χ0v) is 19.6. The van der Waals surface area contributed by atoms with Gasteiger partial charge >= 0.3 is 5.97 Å². The van der Waals surface area contributed by atoms with Crippen molar-refractivity contribution in [1.29, 1.82) is 0 Å². The molecule has 0 bridgehead atoms. The van der Waals surface area contributed by atoms with Crippen molar-refractivity contribution < 1.29 is 14.3 Å². The van der Waals surface area contributed by atoms with Crippen LogP contribution in [-0.2, 0) is 14.3 Å². The number of hydrogen-bond donors (Lipinski definition) is 0. The van der Waals surface area contributed by atoms with E-state index in [4.69, 9.17) is 4.74 Å². The molecule has 2 aromatic rings. The number of fused-ring (bicyclic) bond motifs is 2. The summed E-state index contributed by atoms with van der Waals surface area (Å²) in [5, 5.41) is 0. The van der Waals surface area contributed by atoms with Gasteiger partial charge in [0.1, 0.15) is 6.61 Å². The van der Waals surface area contributed by atoms with Crippen molar-refractivity contribution in [3.63, 3.8) is 0 Å². The third kappa shape index (κ3) is 4.85. The SMILES string of the molecule is O=CN1CCC(C(=O)OCCN2CCC(=C3c4ccccc4C=Cc4ccccc43)CC2)CC1. The minimum absolute atomic E-state index is 0.0714. The number of esters is 1. The molecule has 2 aliphatic heterocycles. The Labute approximate surface area is 201 Å². The number of carbonyl (C=O) groups is 2. The van der Waals surface area contributed by atoms with Gasteiger partial charge in [-0.25, -0.2) is 0 Å². The molecule has 2 saturated heterocycles. The molecule has 34 heavy (non-hydrogen) atoms. The van der Waals surface area contributed by atoms with E-state index in [0.29, 0.717) is 32.5 Å². The lowest BCUT2D eigenvalue weighted by molar-refractivity contribution is -0.151. The Morgan fingerprint density at radius 3 is 2.06 bits per heavy atom. The van der Waals surface area contributed by atoms with Crippen molar-refractivity contribution in [2.45, 2.75) is 25.7 Å². The van der Waals surface area contributed by atoms with E-state index in [0.717, 1.165) is 38.9 Å². The smallest absolute Gasteiger partial charge is 0.309 e. The maximum absolute atomic E-state index is 12.4. The van der Waals surface area contributed by atoms with Crippen LogP contribution in [0.3, 0.4) is 0 Å². The molecular weight excluding hydrogens is 424 g/mol. The van der Waals surface area contributed by atoms with Crippen LogP contribution in [-0.4, -0.2) is 61.5 Å². The Hall–Kier alpha value is -3.18. The highest BCUT2D eigenvalue weighted by atomic mass is 16.5. The lowest BCUT2D eigenvalue weighted by Gasteiger charge is -2.31. The third-order valence-corrected chi connectivity index (χ3v) is 7.38. The molecule has 2 aromatic carbocycles. The second-order valence-electron chi connectivity index (χ2n) is 9.41. The second-order valence-corrected chi connectivity index (χ2v) is 9.41. The molecule has 1 amide bonds. The summed E-state index contributed by atoms with van der Waals surface area (Å²) in [6, 6.07) is 17.4. The molecule has 2 fully saturated rings. The molecule has 0 spiro atoms. The zero-order valence-electron chi connectivity index (χ0n) is 19.6. The highest BCUT2D eigenvalue weighted by Crippen LogP contribution is 2.38. The largest absolute Gasteiger partial charge is 0.464 e. The van der Waals surface area contributed by atoms with Crippen LogP contribution in [0.4, 0.5) is 0 Å². The highest BCUT2D eigenvalue weighted by Gasteiger charge is 2.26. The summed E-state index contributed by atoms with van der Waals surface area (Å²) in [6.45, 7) is 4.46. The summed E-state index contributed by atoms with van der Waals surface area (Å²) < 4.78 is 5.60. The predicted molar refractivity (Wildman–Crippen MR) is 135 cm³/mol. The summed E-state index contributed by atoms with van der Waals surface area (Å²) in [5.74, 6) is -0.178. The monoisotopic (exact) mass is 456 g/mol. The summed E-state index contributed by atoms with van der Waals surface area (Å²) in [4.78, 5) is 27.4. The minimum Gasteiger partial charge on any atom is -0.464 e. The summed E-state index contributed by atoms with van der Waals surface area (Å²) >= 11 is 0. The number of nitrogens with zero attached hydrogens (tertiary/aromatic N) is 2. The van der Waals surface area contributed by atoms with Gasteiger partial charge < -0.3 is 9.64 Å². The molecule has 0 aromatic heterocycles. The fraction of sp³-hybridized carbons (Fsp3) is 0.379. The zero-order chi connectivity index (χ0) is 23.3. The van der Waals surface area contributed by atoms with E-state index in [-0.39, 0.29) is 11.9 Å². The van der Waals surface area contributed by atoms with Gasteiger partial charge in [-0.15, -0.1) is 0 Å². The van der Waals surface area contributed by atoms with Crippen LogP contribution in [0, 0.1) is 5.92 Å². The molecule has 2 heterocycles. The fourth-order valence-corrected chi connectivity index (χ4v) is 5.38. The van der Waals surface area contributed by atoms with Gasteiger partial charge in [-0.2, -0.15) is 0 Å². The number of piperidine rings is 2. The molecule has 0 atom stereocenters. The average Bonchev–Trinajstić information content (AvgIpc) is 3.06. The number of hydrogen-bond acceptors (Lipinski definition) is 4. The molecule has 5 rings (SSSR count). The number of carbonyl (C=O) groups excluding carboxylic acids is 2. The van der Waals surface area contributed by atoms with E-state index in [1.54, 1.807) is 4.90 Å². The van der Waals surface area contributed by atoms with Crippen LogP contribution in [0.25, 0.3) is 17.7 Å². The maximum atomic E-state index is 12.4. The molecule has 5 heteroatoms. The molecule has 5 nitrogen and oxygen atoms in total. The number of amides is 1. The van der Waals surface area contributed by atoms with Gasteiger partial charge in [-0.1, -0.05) is 66.3 Å². The molecular formula is C29H32N2O3. The van der Waals surface area contributed by atoms with Crippen molar-refractivity contribution in [3.05, 3.63) is 76.4 Å². The van der Waals surface area contributed by atoms with Crippen LogP contribution in [0.5, 0.6) is 0 Å². The molecule has 0 radical (unpaired) electrons. The van der Waals surface area contributed by atoms with Gasteiger partial charge in [0.25, 0.3) is 0 Å². The van der Waals surface area contributed by atoms with E-state index in [9.17, 15) is 9.59 Å². The van der Waals surface area contributed by atoms with Gasteiger partial charge in [-0.05, 0) is 53.5 Å². The first-order valence-electron chi connectivity index (χ1n) is 12.4. The van der Waals surface area contributed by atoms with Gasteiger partial charge in [0.15, 0.2) is 0 Å². The van der Waals surface area contributed by atoms with Crippen molar-refractivity contribution in [1.82, 2.24) is 9.80 Å². The molecule has 0 unspecified atom stereocenters. The number of likely N-dealkylation sites (tertiary alicyclic amines) is 2. The molecule has 3 aliphatic rings. The Morgan fingerprint density at radius 1 is 0.882 bits per heavy atom. The van der Waals surface area contributed by atoms with E-state index in [2.05, 4.69) is 65.6 Å². The van der Waals surface area contributed by atoms with Gasteiger partial charge in [-0.3, -0.25) is 14.5 Å². The lowest BCUT2D eigenvalue weighted by Crippen LogP contribution is -2.37. The van der Waals surface area contributed by atoms with Gasteiger partial charge in [0, 0.05) is 32.7 Å². The maximum Gasteiger partial charge on any atom is 0.309 e. The van der Waals surface area contributed by atoms with Crippen LogP contribution < -0.4 is 0 Å². The Morgan fingerprint density at radius 2 is 1.47 bits per heavy atom. The number of ether oxygens (including phenoxy) is 1. The van der Waals surface area contributed by atoms with Crippen LogP contribution in [0.15, 0.2) is 54.1 Å². The third-order valence-electron chi connectivity index (χ3n) is 7.38. The predicted octanol–water partition coefficient (Wildman–Crippen LogP) is 4.48. The molecule has 0 saturated carbocycles. The lowest BCUT2D eigenvalue weighted by atomic mass is 9.86. The van der Waals surface area contributed by atoms with E-state index in [1.165, 1.54) is 33.4 Å². The first kappa shape index (κ1) is 22.6. The van der Waals surface area contributed by atoms with Crippen molar-refractivity contribution in [2.75, 3.05) is 39.3 Å². The summed E-state index contributed by atoms with van der Waals surface area (Å²) in [5.41, 5.74) is 8.09. The second kappa shape index (κ2) is 10.4. The number of benzene rings is 2. The Kier molecular flexibility index (Phi) is 6.91. The summed E-state index contributed by atoms with van der Waals surface area (Å²) in [6.07, 6.45) is 8.78. The average molecular weight is 457 g/mol. The van der Waals surface area contributed by atoms with Crippen molar-refractivity contribution >= 4 is 30.1 Å². The van der Waals surface area contributed by atoms with Crippen molar-refractivity contribution in [3.8, 4) is 0 Å². The standard InChI is InChI=1S/C29H32N2O3/c32-21-31-17-13-25(14-18-31)29(33)34-20-19-30-15-11-24(12-16-30)28-26-7-3-1-5-22(26)9-10-23-6-2-4-8-27(23)28/h1-10,21,25H,11-20H2. The Bertz CT molecular complexity index is 1050. The van der Waals surface area contributed by atoms with Gasteiger partial charge in [0.05, 0.1) is 5.92 Å². The van der Waals surface area contributed by atoms with E-state index in [1.807, 2.05) is 0 Å². The fourth-order valence-electron chi connectivity index (χ4n) is 5.38. The molecule has 176 valence electrons.